The van der Waals surface area contributed by atoms with E-state index in [4.69, 9.17) is 0 Å². The first-order chi connectivity index (χ1) is 13.7. The second kappa shape index (κ2) is 10.1. The number of rotatable bonds is 9. The van der Waals surface area contributed by atoms with Crippen LogP contribution in [0.15, 0.2) is 59.5 Å². The van der Waals surface area contributed by atoms with Gasteiger partial charge in [-0.2, -0.15) is 4.72 Å². The molecule has 2 rings (SSSR count). The minimum atomic E-state index is -4.31. The van der Waals surface area contributed by atoms with Crippen molar-refractivity contribution in [1.29, 1.82) is 0 Å². The molecule has 0 fully saturated rings. The van der Waals surface area contributed by atoms with Gasteiger partial charge in [-0.3, -0.25) is 9.59 Å². The van der Waals surface area contributed by atoms with Crippen molar-refractivity contribution in [2.24, 2.45) is 0 Å². The first-order valence-corrected chi connectivity index (χ1v) is 10.6. The maximum atomic E-state index is 14.0. The highest BCUT2D eigenvalue weighted by molar-refractivity contribution is 7.89. The van der Waals surface area contributed by atoms with Crippen LogP contribution in [0.5, 0.6) is 0 Å². The zero-order valence-corrected chi connectivity index (χ0v) is 17.0. The fourth-order valence-corrected chi connectivity index (χ4v) is 3.93. The number of hydrogen-bond acceptors (Lipinski definition) is 4. The standard InChI is InChI=1S/C20H24FN3O4S/c1-3-22-19(25)14(2)23-20(26)17(13-15-9-5-4-6-10-15)24-29(27,28)18-12-8-7-11-16(18)21/h4-12,14,17,24H,3,13H2,1-2H3,(H,22,25)(H,23,26). The monoisotopic (exact) mass is 421 g/mol. The van der Waals surface area contributed by atoms with Gasteiger partial charge < -0.3 is 10.6 Å². The lowest BCUT2D eigenvalue weighted by Crippen LogP contribution is -2.53. The van der Waals surface area contributed by atoms with Gasteiger partial charge in [0.15, 0.2) is 0 Å². The Morgan fingerprint density at radius 1 is 1.00 bits per heavy atom. The van der Waals surface area contributed by atoms with Crippen LogP contribution >= 0.6 is 0 Å². The van der Waals surface area contributed by atoms with Gasteiger partial charge in [0.2, 0.25) is 21.8 Å². The van der Waals surface area contributed by atoms with Crippen molar-refractivity contribution in [3.63, 3.8) is 0 Å². The Balaban J connectivity index is 2.26. The third kappa shape index (κ3) is 6.37. The average Bonchev–Trinajstić information content (AvgIpc) is 2.68. The third-order valence-electron chi connectivity index (χ3n) is 4.13. The predicted molar refractivity (Wildman–Crippen MR) is 107 cm³/mol. The van der Waals surface area contributed by atoms with Crippen molar-refractivity contribution in [2.75, 3.05) is 6.54 Å². The topological polar surface area (TPSA) is 104 Å². The van der Waals surface area contributed by atoms with E-state index >= 15 is 0 Å². The molecule has 0 spiro atoms. The average molecular weight is 421 g/mol. The Morgan fingerprint density at radius 2 is 1.62 bits per heavy atom. The molecule has 7 nitrogen and oxygen atoms in total. The van der Waals surface area contributed by atoms with Gasteiger partial charge in [0.1, 0.15) is 22.8 Å². The lowest BCUT2D eigenvalue weighted by Gasteiger charge is -2.21. The van der Waals surface area contributed by atoms with Gasteiger partial charge in [-0.1, -0.05) is 42.5 Å². The third-order valence-corrected chi connectivity index (χ3v) is 5.63. The van der Waals surface area contributed by atoms with Crippen LogP contribution < -0.4 is 15.4 Å². The summed E-state index contributed by atoms with van der Waals surface area (Å²) in [4.78, 5) is 24.1. The number of carbonyl (C=O) groups excluding carboxylic acids is 2. The molecule has 2 aromatic carbocycles. The molecule has 3 N–H and O–H groups in total. The Hall–Kier alpha value is -2.78. The summed E-state index contributed by atoms with van der Waals surface area (Å²) in [6.07, 6.45) is 0.0302. The summed E-state index contributed by atoms with van der Waals surface area (Å²) >= 11 is 0. The maximum absolute atomic E-state index is 14.0. The van der Waals surface area contributed by atoms with Gasteiger partial charge in [0, 0.05) is 6.54 Å². The number of likely N-dealkylation sites (N-methyl/N-ethyl adjacent to an activating group) is 1. The zero-order valence-electron chi connectivity index (χ0n) is 16.2. The SMILES string of the molecule is CCNC(=O)C(C)NC(=O)C(Cc1ccccc1)NS(=O)(=O)c1ccccc1F. The molecule has 2 aromatic rings. The van der Waals surface area contributed by atoms with E-state index < -0.39 is 44.6 Å². The van der Waals surface area contributed by atoms with Gasteiger partial charge in [0.25, 0.3) is 0 Å². The number of amides is 2. The molecule has 2 amide bonds. The highest BCUT2D eigenvalue weighted by atomic mass is 32.2. The number of sulfonamides is 1. The second-order valence-electron chi connectivity index (χ2n) is 6.42. The molecule has 0 aliphatic carbocycles. The van der Waals surface area contributed by atoms with Gasteiger partial charge in [-0.05, 0) is 38.0 Å². The van der Waals surface area contributed by atoms with Gasteiger partial charge >= 0.3 is 0 Å². The molecule has 0 aromatic heterocycles. The van der Waals surface area contributed by atoms with Crippen LogP contribution in [0.25, 0.3) is 0 Å². The summed E-state index contributed by atoms with van der Waals surface area (Å²) in [6.45, 7) is 3.63. The Bertz CT molecular complexity index is 951. The molecule has 0 bridgehead atoms. The predicted octanol–water partition coefficient (Wildman–Crippen LogP) is 1.36. The molecule has 0 heterocycles. The van der Waals surface area contributed by atoms with Crippen LogP contribution in [0.2, 0.25) is 0 Å². The van der Waals surface area contributed by atoms with E-state index in [-0.39, 0.29) is 6.42 Å². The summed E-state index contributed by atoms with van der Waals surface area (Å²) in [6, 6.07) is 11.6. The molecule has 9 heteroatoms. The van der Waals surface area contributed by atoms with E-state index in [0.29, 0.717) is 12.1 Å². The second-order valence-corrected chi connectivity index (χ2v) is 8.10. The molecule has 2 unspecified atom stereocenters. The van der Waals surface area contributed by atoms with Crippen molar-refractivity contribution in [3.8, 4) is 0 Å². The summed E-state index contributed by atoms with van der Waals surface area (Å²) in [5.41, 5.74) is 0.703. The summed E-state index contributed by atoms with van der Waals surface area (Å²) < 4.78 is 41.6. The molecular formula is C20H24FN3O4S. The van der Waals surface area contributed by atoms with Crippen molar-refractivity contribution in [1.82, 2.24) is 15.4 Å². The lowest BCUT2D eigenvalue weighted by molar-refractivity contribution is -0.129. The smallest absolute Gasteiger partial charge is 0.244 e. The Kier molecular flexibility index (Phi) is 7.86. The maximum Gasteiger partial charge on any atom is 0.244 e. The molecule has 0 aliphatic heterocycles. The number of halogens is 1. The van der Waals surface area contributed by atoms with Crippen LogP contribution in [0.4, 0.5) is 4.39 Å². The van der Waals surface area contributed by atoms with E-state index in [2.05, 4.69) is 15.4 Å². The number of hydrogen-bond donors (Lipinski definition) is 3. The van der Waals surface area contributed by atoms with Crippen LogP contribution in [-0.4, -0.2) is 38.9 Å². The molecular weight excluding hydrogens is 397 g/mol. The molecule has 2 atom stereocenters. The molecule has 156 valence electrons. The summed E-state index contributed by atoms with van der Waals surface area (Å²) in [5, 5.41) is 5.08. The highest BCUT2D eigenvalue weighted by Gasteiger charge is 2.29. The van der Waals surface area contributed by atoms with E-state index in [0.717, 1.165) is 12.1 Å². The van der Waals surface area contributed by atoms with Gasteiger partial charge in [-0.15, -0.1) is 0 Å². The minimum Gasteiger partial charge on any atom is -0.355 e. The fourth-order valence-electron chi connectivity index (χ4n) is 2.66. The Labute approximate surface area is 169 Å². The largest absolute Gasteiger partial charge is 0.355 e. The first-order valence-electron chi connectivity index (χ1n) is 9.13. The van der Waals surface area contributed by atoms with Crippen molar-refractivity contribution in [3.05, 3.63) is 66.0 Å². The van der Waals surface area contributed by atoms with E-state index in [1.54, 1.807) is 37.3 Å². The van der Waals surface area contributed by atoms with Crippen molar-refractivity contribution >= 4 is 21.8 Å². The number of carbonyl (C=O) groups is 2. The zero-order chi connectivity index (χ0) is 21.4. The van der Waals surface area contributed by atoms with Crippen LogP contribution in [0.3, 0.4) is 0 Å². The van der Waals surface area contributed by atoms with Gasteiger partial charge in [-0.25, -0.2) is 12.8 Å². The Morgan fingerprint density at radius 3 is 2.24 bits per heavy atom. The lowest BCUT2D eigenvalue weighted by atomic mass is 10.1. The fraction of sp³-hybridized carbons (Fsp3) is 0.300. The summed E-state index contributed by atoms with van der Waals surface area (Å²) in [7, 11) is -4.31. The first kappa shape index (κ1) is 22.5. The molecule has 0 saturated heterocycles. The quantitative estimate of drug-likeness (QED) is 0.569. The summed E-state index contributed by atoms with van der Waals surface area (Å²) in [5.74, 6) is -2.00. The molecule has 29 heavy (non-hydrogen) atoms. The van der Waals surface area contributed by atoms with E-state index in [1.165, 1.54) is 19.1 Å². The van der Waals surface area contributed by atoms with Crippen LogP contribution in [0, 0.1) is 5.82 Å². The minimum absolute atomic E-state index is 0.0302. The number of benzene rings is 2. The van der Waals surface area contributed by atoms with E-state index in [1.807, 2.05) is 0 Å². The van der Waals surface area contributed by atoms with Crippen LogP contribution in [0.1, 0.15) is 19.4 Å². The van der Waals surface area contributed by atoms with E-state index in [9.17, 15) is 22.4 Å². The van der Waals surface area contributed by atoms with Crippen LogP contribution in [-0.2, 0) is 26.0 Å². The van der Waals surface area contributed by atoms with Crippen molar-refractivity contribution < 1.29 is 22.4 Å². The van der Waals surface area contributed by atoms with Gasteiger partial charge in [0.05, 0.1) is 0 Å². The molecule has 0 radical (unpaired) electrons. The molecule has 0 saturated carbocycles. The molecule has 0 aliphatic rings. The number of nitrogens with one attached hydrogen (secondary N) is 3. The highest BCUT2D eigenvalue weighted by Crippen LogP contribution is 2.15. The normalized spacial score (nSPS) is 13.3. The van der Waals surface area contributed by atoms with Crippen molar-refractivity contribution in [2.45, 2.75) is 37.2 Å².